The number of halogens is 1. The molecule has 1 amide bonds. The van der Waals surface area contributed by atoms with Gasteiger partial charge in [0, 0.05) is 23.8 Å². The maximum atomic E-state index is 12.8. The Labute approximate surface area is 186 Å². The summed E-state index contributed by atoms with van der Waals surface area (Å²) in [5.41, 5.74) is 1.22. The highest BCUT2D eigenvalue weighted by atomic mass is 35.5. The van der Waals surface area contributed by atoms with Gasteiger partial charge < -0.3 is 10.2 Å². The first-order valence-electron chi connectivity index (χ1n) is 10.1. The molecule has 5 rings (SSSR count). The summed E-state index contributed by atoms with van der Waals surface area (Å²) in [6, 6.07) is 6.76. The minimum absolute atomic E-state index is 0.206. The second kappa shape index (κ2) is 8.27. The van der Waals surface area contributed by atoms with Gasteiger partial charge >= 0.3 is 5.69 Å². The van der Waals surface area contributed by atoms with Gasteiger partial charge in [0.1, 0.15) is 17.6 Å². The third-order valence-electron chi connectivity index (χ3n) is 5.27. The van der Waals surface area contributed by atoms with Crippen LogP contribution in [0.25, 0.3) is 16.0 Å². The summed E-state index contributed by atoms with van der Waals surface area (Å²) in [5.74, 6) is -0.355. The van der Waals surface area contributed by atoms with Crippen LogP contribution in [0.1, 0.15) is 25.7 Å². The summed E-state index contributed by atoms with van der Waals surface area (Å²) in [6.45, 7) is 1.74. The van der Waals surface area contributed by atoms with Crippen LogP contribution in [0.2, 0.25) is 5.02 Å². The Morgan fingerprint density at radius 1 is 1.13 bits per heavy atom. The number of hydrogen-bond acceptors (Lipinski definition) is 7. The van der Waals surface area contributed by atoms with E-state index in [-0.39, 0.29) is 12.5 Å². The van der Waals surface area contributed by atoms with Gasteiger partial charge in [0.2, 0.25) is 5.91 Å². The van der Waals surface area contributed by atoms with Gasteiger partial charge in [-0.05, 0) is 37.1 Å². The fourth-order valence-corrected chi connectivity index (χ4v) is 4.87. The van der Waals surface area contributed by atoms with E-state index in [2.05, 4.69) is 25.3 Å². The third-order valence-corrected chi connectivity index (χ3v) is 6.62. The maximum Gasteiger partial charge on any atom is 0.352 e. The molecule has 0 bridgehead atoms. The van der Waals surface area contributed by atoms with Crippen molar-refractivity contribution in [2.45, 2.75) is 32.2 Å². The Hall–Kier alpha value is -2.98. The van der Waals surface area contributed by atoms with Crippen molar-refractivity contribution >= 4 is 55.7 Å². The molecule has 1 aliphatic heterocycles. The van der Waals surface area contributed by atoms with Crippen molar-refractivity contribution in [1.82, 2.24) is 24.1 Å². The molecule has 4 aromatic rings. The molecule has 3 aromatic heterocycles. The second-order valence-corrected chi connectivity index (χ2v) is 8.90. The number of carbonyl (C=O) groups is 1. The van der Waals surface area contributed by atoms with E-state index < -0.39 is 5.69 Å². The smallest absolute Gasteiger partial charge is 0.348 e. The molecule has 1 fully saturated rings. The van der Waals surface area contributed by atoms with E-state index in [0.29, 0.717) is 22.0 Å². The van der Waals surface area contributed by atoms with Gasteiger partial charge in [-0.25, -0.2) is 18.9 Å². The van der Waals surface area contributed by atoms with Crippen molar-refractivity contribution in [3.63, 3.8) is 0 Å². The van der Waals surface area contributed by atoms with Gasteiger partial charge in [-0.1, -0.05) is 35.8 Å². The van der Waals surface area contributed by atoms with E-state index in [0.717, 1.165) is 40.4 Å². The SMILES string of the molecule is O=C(Cn1nc2c3sc(N4CCCCCC4)nc3ncn2c1=O)Nc1ccc(Cl)cc1. The summed E-state index contributed by atoms with van der Waals surface area (Å²) in [4.78, 5) is 36.5. The molecule has 4 heterocycles. The number of carbonyl (C=O) groups excluding carboxylic acids is 1. The van der Waals surface area contributed by atoms with Crippen LogP contribution in [-0.2, 0) is 11.3 Å². The van der Waals surface area contributed by atoms with E-state index in [1.807, 2.05) is 0 Å². The maximum absolute atomic E-state index is 12.8. The predicted octanol–water partition coefficient (Wildman–Crippen LogP) is 3.17. The van der Waals surface area contributed by atoms with Crippen LogP contribution >= 0.6 is 22.9 Å². The summed E-state index contributed by atoms with van der Waals surface area (Å²) >= 11 is 7.36. The lowest BCUT2D eigenvalue weighted by Gasteiger charge is -2.18. The quantitative estimate of drug-likeness (QED) is 0.505. The van der Waals surface area contributed by atoms with Crippen LogP contribution in [0.5, 0.6) is 0 Å². The standard InChI is InChI=1S/C20H20ClN7O2S/c21-13-5-7-14(8-6-13)23-15(29)11-28-20(30)27-12-22-17-16(18(27)25-28)31-19(24-17)26-9-3-1-2-4-10-26/h5-8,12H,1-4,9-11H2,(H,23,29). The van der Waals surface area contributed by atoms with Crippen molar-refractivity contribution in [1.29, 1.82) is 0 Å². The minimum Gasteiger partial charge on any atom is -0.348 e. The van der Waals surface area contributed by atoms with Crippen molar-refractivity contribution < 1.29 is 4.79 Å². The molecule has 0 aliphatic carbocycles. The summed E-state index contributed by atoms with van der Waals surface area (Å²) < 4.78 is 3.26. The lowest BCUT2D eigenvalue weighted by atomic mass is 10.2. The molecule has 1 saturated heterocycles. The average Bonchev–Trinajstić information content (AvgIpc) is 3.20. The first kappa shape index (κ1) is 20.0. The molecule has 31 heavy (non-hydrogen) atoms. The van der Waals surface area contributed by atoms with Gasteiger partial charge in [-0.3, -0.25) is 4.79 Å². The molecular weight excluding hydrogens is 438 g/mol. The fourth-order valence-electron chi connectivity index (χ4n) is 3.70. The normalized spacial score (nSPS) is 14.8. The largest absolute Gasteiger partial charge is 0.352 e. The molecule has 1 aliphatic rings. The fraction of sp³-hybridized carbons (Fsp3) is 0.350. The summed E-state index contributed by atoms with van der Waals surface area (Å²) in [5, 5.41) is 8.63. The van der Waals surface area contributed by atoms with Crippen LogP contribution in [0.3, 0.4) is 0 Å². The minimum atomic E-state index is -0.416. The third kappa shape index (κ3) is 4.00. The zero-order chi connectivity index (χ0) is 21.4. The molecule has 9 nitrogen and oxygen atoms in total. The lowest BCUT2D eigenvalue weighted by Crippen LogP contribution is -2.28. The number of amides is 1. The molecule has 0 radical (unpaired) electrons. The highest BCUT2D eigenvalue weighted by molar-refractivity contribution is 7.22. The second-order valence-electron chi connectivity index (χ2n) is 7.48. The number of nitrogens with one attached hydrogen (secondary N) is 1. The number of rotatable bonds is 4. The first-order chi connectivity index (χ1) is 15.1. The van der Waals surface area contributed by atoms with Crippen LogP contribution < -0.4 is 15.9 Å². The molecule has 0 saturated carbocycles. The number of hydrogen-bond donors (Lipinski definition) is 1. The number of nitrogens with zero attached hydrogens (tertiary/aromatic N) is 6. The van der Waals surface area contributed by atoms with Crippen molar-refractivity contribution in [2.75, 3.05) is 23.3 Å². The Morgan fingerprint density at radius 2 is 1.87 bits per heavy atom. The van der Waals surface area contributed by atoms with Gasteiger partial charge in [0.15, 0.2) is 16.4 Å². The number of benzene rings is 1. The van der Waals surface area contributed by atoms with Gasteiger partial charge in [0.05, 0.1) is 0 Å². The van der Waals surface area contributed by atoms with Crippen LogP contribution in [0.4, 0.5) is 10.8 Å². The van der Waals surface area contributed by atoms with Gasteiger partial charge in [-0.2, -0.15) is 4.98 Å². The Morgan fingerprint density at radius 3 is 2.61 bits per heavy atom. The Kier molecular flexibility index (Phi) is 5.33. The van der Waals surface area contributed by atoms with Crippen molar-refractivity contribution in [2.24, 2.45) is 0 Å². The molecule has 0 atom stereocenters. The molecule has 0 unspecified atom stereocenters. The number of aromatic nitrogens is 5. The topological polar surface area (TPSA) is 97.4 Å². The zero-order valence-electron chi connectivity index (χ0n) is 16.6. The number of thiazole rings is 1. The van der Waals surface area contributed by atoms with E-state index in [1.54, 1.807) is 24.3 Å². The van der Waals surface area contributed by atoms with Gasteiger partial charge in [-0.15, -0.1) is 5.10 Å². The molecular formula is C20H20ClN7O2S. The van der Waals surface area contributed by atoms with Crippen molar-refractivity contribution in [3.8, 4) is 0 Å². The van der Waals surface area contributed by atoms with Crippen LogP contribution in [-0.4, -0.2) is 43.1 Å². The predicted molar refractivity (Wildman–Crippen MR) is 121 cm³/mol. The van der Waals surface area contributed by atoms with Crippen LogP contribution in [0.15, 0.2) is 35.4 Å². The van der Waals surface area contributed by atoms with E-state index >= 15 is 0 Å². The highest BCUT2D eigenvalue weighted by Crippen LogP contribution is 2.31. The van der Waals surface area contributed by atoms with Crippen molar-refractivity contribution in [3.05, 3.63) is 46.1 Å². The first-order valence-corrected chi connectivity index (χ1v) is 11.3. The number of fused-ring (bicyclic) bond motifs is 3. The molecule has 1 aromatic carbocycles. The van der Waals surface area contributed by atoms with E-state index in [1.165, 1.54) is 34.9 Å². The average molecular weight is 458 g/mol. The van der Waals surface area contributed by atoms with Gasteiger partial charge in [0.25, 0.3) is 0 Å². The van der Waals surface area contributed by atoms with E-state index in [4.69, 9.17) is 11.6 Å². The molecule has 1 N–H and O–H groups in total. The van der Waals surface area contributed by atoms with Crippen LogP contribution in [0, 0.1) is 0 Å². The van der Waals surface area contributed by atoms with E-state index in [9.17, 15) is 9.59 Å². The zero-order valence-corrected chi connectivity index (χ0v) is 18.2. The highest BCUT2D eigenvalue weighted by Gasteiger charge is 2.19. The molecule has 11 heteroatoms. The lowest BCUT2D eigenvalue weighted by molar-refractivity contribution is -0.117. The molecule has 0 spiro atoms. The Balaban J connectivity index is 1.43. The number of anilines is 2. The monoisotopic (exact) mass is 457 g/mol. The summed E-state index contributed by atoms with van der Waals surface area (Å²) in [6.07, 6.45) is 6.20. The summed E-state index contributed by atoms with van der Waals surface area (Å²) in [7, 11) is 0. The molecule has 160 valence electrons. The Bertz CT molecular complexity index is 1300.